The van der Waals surface area contributed by atoms with Gasteiger partial charge in [0.05, 0.1) is 24.3 Å². The Labute approximate surface area is 93.9 Å². The molecule has 0 radical (unpaired) electrons. The second-order valence-electron chi connectivity index (χ2n) is 3.66. The molecule has 0 aromatic carbocycles. The predicted octanol–water partition coefficient (Wildman–Crippen LogP) is 1.63. The minimum Gasteiger partial charge on any atom is -0.452 e. The van der Waals surface area contributed by atoms with E-state index in [1.54, 1.807) is 23.3 Å². The van der Waals surface area contributed by atoms with E-state index in [0.717, 1.165) is 5.69 Å². The Kier molecular flexibility index (Phi) is 2.87. The number of pyridine rings is 1. The molecule has 2 rings (SSSR count). The van der Waals surface area contributed by atoms with Crippen molar-refractivity contribution in [3.8, 4) is 11.5 Å². The van der Waals surface area contributed by atoms with Gasteiger partial charge in [-0.05, 0) is 19.1 Å². The topological polar surface area (TPSA) is 66.0 Å². The van der Waals surface area contributed by atoms with Crippen LogP contribution in [0.5, 0.6) is 11.5 Å². The molecule has 0 unspecified atom stereocenters. The van der Waals surface area contributed by atoms with Gasteiger partial charge < -0.3 is 10.5 Å². The van der Waals surface area contributed by atoms with E-state index in [2.05, 4.69) is 10.1 Å². The van der Waals surface area contributed by atoms with Crippen LogP contribution in [0, 0.1) is 0 Å². The predicted molar refractivity (Wildman–Crippen MR) is 60.1 cm³/mol. The van der Waals surface area contributed by atoms with Crippen molar-refractivity contribution in [1.29, 1.82) is 0 Å². The maximum atomic E-state index is 5.70. The van der Waals surface area contributed by atoms with Crippen LogP contribution in [-0.4, -0.2) is 14.8 Å². The van der Waals surface area contributed by atoms with Crippen molar-refractivity contribution in [3.05, 3.63) is 36.4 Å². The molecule has 0 spiro atoms. The summed E-state index contributed by atoms with van der Waals surface area (Å²) in [5, 5.41) is 4.01. The fraction of sp³-hybridized carbons (Fsp3) is 0.273. The molecule has 84 valence electrons. The Morgan fingerprint density at radius 1 is 1.31 bits per heavy atom. The maximum absolute atomic E-state index is 5.70. The minimum absolute atomic E-state index is 0.0626. The van der Waals surface area contributed by atoms with Gasteiger partial charge in [-0.15, -0.1) is 0 Å². The first-order valence-corrected chi connectivity index (χ1v) is 5.03. The number of hydrogen-bond donors (Lipinski definition) is 1. The number of nitrogens with zero attached hydrogens (tertiary/aromatic N) is 3. The van der Waals surface area contributed by atoms with Crippen molar-refractivity contribution in [2.75, 3.05) is 0 Å². The molecule has 0 aliphatic rings. The average Bonchev–Trinajstić information content (AvgIpc) is 2.65. The second kappa shape index (κ2) is 4.32. The monoisotopic (exact) mass is 218 g/mol. The van der Waals surface area contributed by atoms with E-state index >= 15 is 0 Å². The van der Waals surface area contributed by atoms with Crippen molar-refractivity contribution < 1.29 is 4.74 Å². The van der Waals surface area contributed by atoms with E-state index in [0.29, 0.717) is 11.5 Å². The lowest BCUT2D eigenvalue weighted by atomic mass is 10.2. The Bertz CT molecular complexity index is 461. The van der Waals surface area contributed by atoms with E-state index in [9.17, 15) is 0 Å². The molecule has 0 saturated carbocycles. The third-order valence-electron chi connectivity index (χ3n) is 2.14. The highest BCUT2D eigenvalue weighted by molar-refractivity contribution is 5.27. The zero-order valence-electron chi connectivity index (χ0n) is 9.29. The third kappa shape index (κ3) is 2.38. The first-order valence-electron chi connectivity index (χ1n) is 5.03. The van der Waals surface area contributed by atoms with Gasteiger partial charge in [-0.2, -0.15) is 5.10 Å². The minimum atomic E-state index is -0.0626. The molecule has 0 aliphatic heterocycles. The first kappa shape index (κ1) is 10.6. The van der Waals surface area contributed by atoms with Crippen LogP contribution in [0.15, 0.2) is 30.7 Å². The summed E-state index contributed by atoms with van der Waals surface area (Å²) < 4.78 is 7.23. The van der Waals surface area contributed by atoms with E-state index in [4.69, 9.17) is 10.5 Å². The quantitative estimate of drug-likeness (QED) is 0.850. The van der Waals surface area contributed by atoms with Gasteiger partial charge in [0.1, 0.15) is 5.75 Å². The van der Waals surface area contributed by atoms with E-state index in [1.165, 1.54) is 0 Å². The molecule has 0 bridgehead atoms. The normalized spacial score (nSPS) is 12.4. The van der Waals surface area contributed by atoms with Crippen molar-refractivity contribution in [2.24, 2.45) is 12.8 Å². The van der Waals surface area contributed by atoms with Crippen LogP contribution in [0.25, 0.3) is 0 Å². The molecule has 0 saturated heterocycles. The van der Waals surface area contributed by atoms with Gasteiger partial charge in [0, 0.05) is 13.1 Å². The molecular formula is C11H14N4O. The van der Waals surface area contributed by atoms with Crippen molar-refractivity contribution in [2.45, 2.75) is 13.0 Å². The van der Waals surface area contributed by atoms with Crippen molar-refractivity contribution >= 4 is 0 Å². The summed E-state index contributed by atoms with van der Waals surface area (Å²) in [5.41, 5.74) is 6.55. The van der Waals surface area contributed by atoms with Gasteiger partial charge in [0.25, 0.3) is 0 Å². The number of aromatic nitrogens is 3. The second-order valence-corrected chi connectivity index (χ2v) is 3.66. The van der Waals surface area contributed by atoms with Gasteiger partial charge in [-0.1, -0.05) is 0 Å². The van der Waals surface area contributed by atoms with Crippen molar-refractivity contribution in [1.82, 2.24) is 14.8 Å². The summed E-state index contributed by atoms with van der Waals surface area (Å²) in [5.74, 6) is 1.37. The lowest BCUT2D eigenvalue weighted by Gasteiger charge is -2.06. The number of rotatable bonds is 3. The molecule has 2 aromatic heterocycles. The molecular weight excluding hydrogens is 204 g/mol. The van der Waals surface area contributed by atoms with Crippen LogP contribution >= 0.6 is 0 Å². The molecule has 2 aromatic rings. The standard InChI is InChI=1S/C11H14N4O/c1-8(12)11-4-3-9(5-13-11)16-10-6-14-15(2)7-10/h3-8H,12H2,1-2H3/t8-/m1/s1. The van der Waals surface area contributed by atoms with Gasteiger partial charge in [0.15, 0.2) is 5.75 Å². The fourth-order valence-electron chi connectivity index (χ4n) is 1.31. The Morgan fingerprint density at radius 2 is 2.12 bits per heavy atom. The SMILES string of the molecule is C[C@@H](N)c1ccc(Oc2cnn(C)c2)cn1. The van der Waals surface area contributed by atoms with Gasteiger partial charge in [-0.3, -0.25) is 9.67 Å². The average molecular weight is 218 g/mol. The van der Waals surface area contributed by atoms with E-state index < -0.39 is 0 Å². The highest BCUT2D eigenvalue weighted by Crippen LogP contribution is 2.20. The molecule has 5 heteroatoms. The third-order valence-corrected chi connectivity index (χ3v) is 2.14. The largest absolute Gasteiger partial charge is 0.452 e. The number of hydrogen-bond acceptors (Lipinski definition) is 4. The molecule has 1 atom stereocenters. The van der Waals surface area contributed by atoms with Crippen LogP contribution in [0.3, 0.4) is 0 Å². The first-order chi connectivity index (χ1) is 7.65. The van der Waals surface area contributed by atoms with Gasteiger partial charge in [0.2, 0.25) is 0 Å². The number of aryl methyl sites for hydroxylation is 1. The van der Waals surface area contributed by atoms with E-state index in [-0.39, 0.29) is 6.04 Å². The Morgan fingerprint density at radius 3 is 2.62 bits per heavy atom. The Balaban J connectivity index is 2.11. The van der Waals surface area contributed by atoms with Crippen LogP contribution in [-0.2, 0) is 7.05 Å². The van der Waals surface area contributed by atoms with Crippen LogP contribution < -0.4 is 10.5 Å². The molecule has 2 heterocycles. The summed E-state index contributed by atoms with van der Waals surface area (Å²) >= 11 is 0. The van der Waals surface area contributed by atoms with Gasteiger partial charge in [-0.25, -0.2) is 0 Å². The molecule has 0 amide bonds. The summed E-state index contributed by atoms with van der Waals surface area (Å²) in [7, 11) is 1.84. The highest BCUT2D eigenvalue weighted by atomic mass is 16.5. The molecule has 16 heavy (non-hydrogen) atoms. The smallest absolute Gasteiger partial charge is 0.165 e. The highest BCUT2D eigenvalue weighted by Gasteiger charge is 2.03. The summed E-state index contributed by atoms with van der Waals surface area (Å²) in [6.07, 6.45) is 5.10. The summed E-state index contributed by atoms with van der Waals surface area (Å²) in [4.78, 5) is 4.20. The van der Waals surface area contributed by atoms with Crippen LogP contribution in [0.2, 0.25) is 0 Å². The van der Waals surface area contributed by atoms with Crippen LogP contribution in [0.1, 0.15) is 18.7 Å². The maximum Gasteiger partial charge on any atom is 0.165 e. The molecule has 2 N–H and O–H groups in total. The van der Waals surface area contributed by atoms with Crippen molar-refractivity contribution in [3.63, 3.8) is 0 Å². The zero-order valence-corrected chi connectivity index (χ0v) is 9.29. The van der Waals surface area contributed by atoms with Crippen LogP contribution in [0.4, 0.5) is 0 Å². The Hall–Kier alpha value is -1.88. The summed E-state index contributed by atoms with van der Waals surface area (Å²) in [6, 6.07) is 3.64. The fourth-order valence-corrected chi connectivity index (χ4v) is 1.31. The lowest BCUT2D eigenvalue weighted by Crippen LogP contribution is -2.06. The van der Waals surface area contributed by atoms with E-state index in [1.807, 2.05) is 26.1 Å². The number of nitrogens with two attached hydrogens (primary N) is 1. The molecule has 0 aliphatic carbocycles. The lowest BCUT2D eigenvalue weighted by molar-refractivity contribution is 0.478. The molecule has 5 nitrogen and oxygen atoms in total. The van der Waals surface area contributed by atoms with Gasteiger partial charge >= 0.3 is 0 Å². The zero-order chi connectivity index (χ0) is 11.5. The summed E-state index contributed by atoms with van der Waals surface area (Å²) in [6.45, 7) is 1.89. The number of ether oxygens (including phenoxy) is 1. The molecule has 0 fully saturated rings.